The highest BCUT2D eigenvalue weighted by Gasteiger charge is 2.38. The summed E-state index contributed by atoms with van der Waals surface area (Å²) in [6.07, 6.45) is 2.55. The summed E-state index contributed by atoms with van der Waals surface area (Å²) in [5, 5.41) is 3.11. The van der Waals surface area contributed by atoms with Gasteiger partial charge in [-0.15, -0.1) is 0 Å². The molecule has 2 heterocycles. The lowest BCUT2D eigenvalue weighted by Crippen LogP contribution is -2.43. The van der Waals surface area contributed by atoms with Crippen LogP contribution in [0.1, 0.15) is 6.42 Å². The Bertz CT molecular complexity index is 155. The lowest BCUT2D eigenvalue weighted by Gasteiger charge is -2.19. The van der Waals surface area contributed by atoms with Gasteiger partial charge in [-0.05, 0) is 0 Å². The number of nitrogens with one attached hydrogen (secondary N) is 1. The topological polar surface area (TPSA) is 47.3 Å². The van der Waals surface area contributed by atoms with Crippen molar-refractivity contribution in [3.63, 3.8) is 0 Å². The number of hydrogen-bond donors (Lipinski definition) is 2. The molecule has 3 N–H and O–H groups in total. The molecular weight excluding hydrogens is 104 g/mol. The van der Waals surface area contributed by atoms with Crippen molar-refractivity contribution in [3.8, 4) is 0 Å². The van der Waals surface area contributed by atoms with Gasteiger partial charge in [0.25, 0.3) is 0 Å². The van der Waals surface area contributed by atoms with E-state index in [-0.39, 0.29) is 0 Å². The molecule has 0 unspecified atom stereocenters. The molecule has 2 aliphatic heterocycles. The Balaban J connectivity index is 2.32. The summed E-state index contributed by atoms with van der Waals surface area (Å²) < 4.78 is 5.09. The fourth-order valence-corrected chi connectivity index (χ4v) is 1.07. The molecule has 3 heteroatoms. The maximum absolute atomic E-state index is 5.66. The van der Waals surface area contributed by atoms with Crippen LogP contribution < -0.4 is 11.1 Å². The molecule has 2 aliphatic rings. The van der Waals surface area contributed by atoms with E-state index < -0.39 is 5.72 Å². The van der Waals surface area contributed by atoms with Crippen LogP contribution in [0, 0.1) is 0 Å². The van der Waals surface area contributed by atoms with E-state index in [4.69, 9.17) is 10.5 Å². The van der Waals surface area contributed by atoms with Gasteiger partial charge in [-0.25, -0.2) is 0 Å². The monoisotopic (exact) mass is 112 g/mol. The predicted molar refractivity (Wildman–Crippen MR) is 28.7 cm³/mol. The first-order valence-corrected chi connectivity index (χ1v) is 2.68. The normalized spacial score (nSPS) is 40.9. The van der Waals surface area contributed by atoms with Crippen LogP contribution in [0.2, 0.25) is 0 Å². The van der Waals surface area contributed by atoms with Crippen LogP contribution in [-0.4, -0.2) is 12.3 Å². The van der Waals surface area contributed by atoms with E-state index in [1.54, 1.807) is 6.26 Å². The average molecular weight is 112 g/mol. The van der Waals surface area contributed by atoms with Crippen LogP contribution in [0.4, 0.5) is 0 Å². The molecule has 0 aromatic rings. The molecule has 0 saturated carbocycles. The Morgan fingerprint density at radius 1 is 1.88 bits per heavy atom. The quantitative estimate of drug-likeness (QED) is 0.444. The third kappa shape index (κ3) is 0.369. The third-order valence-electron chi connectivity index (χ3n) is 1.54. The second-order valence-electron chi connectivity index (χ2n) is 2.36. The molecule has 0 radical (unpaired) electrons. The van der Waals surface area contributed by atoms with Crippen LogP contribution in [-0.2, 0) is 4.74 Å². The molecular formula is C5H8N2O. The van der Waals surface area contributed by atoms with Gasteiger partial charge in [0, 0.05) is 6.42 Å². The molecule has 0 aromatic heterocycles. The van der Waals surface area contributed by atoms with Crippen molar-refractivity contribution in [2.75, 3.05) is 6.54 Å². The highest BCUT2D eigenvalue weighted by atomic mass is 16.5. The van der Waals surface area contributed by atoms with Gasteiger partial charge >= 0.3 is 0 Å². The second-order valence-corrected chi connectivity index (χ2v) is 2.36. The summed E-state index contributed by atoms with van der Waals surface area (Å²) in [6.45, 7) is 0.763. The molecule has 0 amide bonds. The fraction of sp³-hybridized carbons (Fsp3) is 0.600. The Morgan fingerprint density at radius 2 is 2.75 bits per heavy atom. The molecule has 44 valence electrons. The molecule has 2 rings (SSSR count). The van der Waals surface area contributed by atoms with E-state index in [0.29, 0.717) is 0 Å². The van der Waals surface area contributed by atoms with Crippen LogP contribution in [0.15, 0.2) is 12.0 Å². The van der Waals surface area contributed by atoms with Crippen molar-refractivity contribution in [1.82, 2.24) is 5.32 Å². The predicted octanol–water partition coefficient (Wildman–Crippen LogP) is -0.494. The van der Waals surface area contributed by atoms with Crippen LogP contribution >= 0.6 is 0 Å². The minimum atomic E-state index is -0.394. The van der Waals surface area contributed by atoms with Gasteiger partial charge in [-0.2, -0.15) is 0 Å². The zero-order valence-corrected chi connectivity index (χ0v) is 4.48. The summed E-state index contributed by atoms with van der Waals surface area (Å²) in [6, 6.07) is 0. The number of rotatable bonds is 0. The van der Waals surface area contributed by atoms with Gasteiger partial charge < -0.3 is 10.1 Å². The first-order chi connectivity index (χ1) is 3.79. The largest absolute Gasteiger partial charge is 0.477 e. The highest BCUT2D eigenvalue weighted by Crippen LogP contribution is 2.27. The van der Waals surface area contributed by atoms with Crippen LogP contribution in [0.3, 0.4) is 0 Å². The molecule has 1 atom stereocenters. The van der Waals surface area contributed by atoms with Gasteiger partial charge in [-0.3, -0.25) is 5.73 Å². The van der Waals surface area contributed by atoms with E-state index in [1.165, 1.54) is 0 Å². The summed E-state index contributed by atoms with van der Waals surface area (Å²) in [7, 11) is 0. The Kier molecular flexibility index (Phi) is 0.526. The molecule has 1 saturated heterocycles. The van der Waals surface area contributed by atoms with E-state index in [0.717, 1.165) is 18.7 Å². The lowest BCUT2D eigenvalue weighted by molar-refractivity contribution is 0.0596. The van der Waals surface area contributed by atoms with E-state index in [9.17, 15) is 0 Å². The van der Waals surface area contributed by atoms with Crippen LogP contribution in [0.5, 0.6) is 0 Å². The lowest BCUT2D eigenvalue weighted by atomic mass is 10.2. The second kappa shape index (κ2) is 1.00. The molecule has 8 heavy (non-hydrogen) atoms. The number of nitrogens with two attached hydrogens (primary N) is 1. The van der Waals surface area contributed by atoms with Gasteiger partial charge in [0.2, 0.25) is 0 Å². The summed E-state index contributed by atoms with van der Waals surface area (Å²) >= 11 is 0. The van der Waals surface area contributed by atoms with Crippen molar-refractivity contribution in [2.24, 2.45) is 5.73 Å². The zero-order chi connectivity index (χ0) is 5.61. The minimum absolute atomic E-state index is 0.394. The maximum atomic E-state index is 5.66. The summed E-state index contributed by atoms with van der Waals surface area (Å²) in [4.78, 5) is 0. The van der Waals surface area contributed by atoms with Gasteiger partial charge in [-0.1, -0.05) is 0 Å². The van der Waals surface area contributed by atoms with E-state index in [2.05, 4.69) is 5.32 Å². The van der Waals surface area contributed by atoms with Crippen molar-refractivity contribution in [1.29, 1.82) is 0 Å². The van der Waals surface area contributed by atoms with Crippen molar-refractivity contribution >= 4 is 0 Å². The Hall–Kier alpha value is -0.700. The van der Waals surface area contributed by atoms with Crippen LogP contribution in [0.25, 0.3) is 0 Å². The SMILES string of the molecule is N[C@]12CNC(=CO1)C2. The highest BCUT2D eigenvalue weighted by molar-refractivity contribution is 5.14. The zero-order valence-electron chi connectivity index (χ0n) is 4.48. The first kappa shape index (κ1) is 4.21. The average Bonchev–Trinajstić information content (AvgIpc) is 2.21. The summed E-state index contributed by atoms with van der Waals surface area (Å²) in [5.41, 5.74) is 6.40. The molecule has 1 fully saturated rings. The van der Waals surface area contributed by atoms with Gasteiger partial charge in [0.15, 0.2) is 5.72 Å². The maximum Gasteiger partial charge on any atom is 0.180 e. The molecule has 3 nitrogen and oxygen atoms in total. The fourth-order valence-electron chi connectivity index (χ4n) is 1.07. The summed E-state index contributed by atoms with van der Waals surface area (Å²) in [5.74, 6) is 0. The molecule has 0 aromatic carbocycles. The molecule has 0 spiro atoms. The van der Waals surface area contributed by atoms with Crippen molar-refractivity contribution in [2.45, 2.75) is 12.1 Å². The molecule has 2 bridgehead atoms. The number of hydrogen-bond acceptors (Lipinski definition) is 3. The number of fused-ring (bicyclic) bond motifs is 2. The number of ether oxygens (including phenoxy) is 1. The third-order valence-corrected chi connectivity index (χ3v) is 1.54. The first-order valence-electron chi connectivity index (χ1n) is 2.68. The van der Waals surface area contributed by atoms with E-state index in [1.807, 2.05) is 0 Å². The minimum Gasteiger partial charge on any atom is -0.477 e. The standard InChI is InChI=1S/C5H8N2O/c6-5-1-4(2-8-5)7-3-5/h2,7H,1,3,6H2/t5-/m0/s1. The van der Waals surface area contributed by atoms with E-state index >= 15 is 0 Å². The van der Waals surface area contributed by atoms with Crippen molar-refractivity contribution in [3.05, 3.63) is 12.0 Å². The van der Waals surface area contributed by atoms with Crippen molar-refractivity contribution < 1.29 is 4.74 Å². The van der Waals surface area contributed by atoms with Gasteiger partial charge in [0.1, 0.15) is 6.26 Å². The van der Waals surface area contributed by atoms with Gasteiger partial charge in [0.05, 0.1) is 12.2 Å². The Morgan fingerprint density at radius 3 is 2.88 bits per heavy atom. The molecule has 0 aliphatic carbocycles. The smallest absolute Gasteiger partial charge is 0.180 e. The Labute approximate surface area is 47.5 Å².